The van der Waals surface area contributed by atoms with Gasteiger partial charge in [0.2, 0.25) is 0 Å². The van der Waals surface area contributed by atoms with Gasteiger partial charge in [0.25, 0.3) is 0 Å². The number of aromatic nitrogens is 1. The van der Waals surface area contributed by atoms with Gasteiger partial charge in [-0.3, -0.25) is 9.78 Å². The minimum Gasteiger partial charge on any atom is -0.494 e. The smallest absolute Gasteiger partial charge is 0.153 e. The molecule has 0 N–H and O–H groups in total. The molecular formula is C7H7NO2. The van der Waals surface area contributed by atoms with E-state index in [1.807, 2.05) is 0 Å². The minimum atomic E-state index is 0.512. The molecule has 0 atom stereocenters. The molecule has 0 aliphatic rings. The molecule has 0 aromatic carbocycles. The SMILES string of the molecule is COc1cnccc1C=O. The highest BCUT2D eigenvalue weighted by molar-refractivity contribution is 5.78. The van der Waals surface area contributed by atoms with Gasteiger partial charge < -0.3 is 4.74 Å². The Kier molecular flexibility index (Phi) is 1.99. The Balaban J connectivity index is 3.08. The van der Waals surface area contributed by atoms with Crippen molar-refractivity contribution in [2.45, 2.75) is 0 Å². The number of aldehydes is 1. The molecule has 0 bridgehead atoms. The van der Waals surface area contributed by atoms with Gasteiger partial charge in [0.15, 0.2) is 6.29 Å². The summed E-state index contributed by atoms with van der Waals surface area (Å²) in [7, 11) is 1.50. The standard InChI is InChI=1S/C7H7NO2/c1-10-7-4-8-3-2-6(7)5-9/h2-5H,1H3. The Morgan fingerprint density at radius 2 is 2.50 bits per heavy atom. The number of carbonyl (C=O) groups is 1. The van der Waals surface area contributed by atoms with Gasteiger partial charge in [-0.2, -0.15) is 0 Å². The highest BCUT2D eigenvalue weighted by Crippen LogP contribution is 2.11. The van der Waals surface area contributed by atoms with Crippen molar-refractivity contribution in [3.05, 3.63) is 24.0 Å². The molecule has 1 rings (SSSR count). The molecule has 10 heavy (non-hydrogen) atoms. The van der Waals surface area contributed by atoms with Crippen molar-refractivity contribution < 1.29 is 9.53 Å². The van der Waals surface area contributed by atoms with Crippen molar-refractivity contribution in [3.63, 3.8) is 0 Å². The number of hydrogen-bond acceptors (Lipinski definition) is 3. The molecular weight excluding hydrogens is 130 g/mol. The summed E-state index contributed by atoms with van der Waals surface area (Å²) in [5.41, 5.74) is 0.525. The summed E-state index contributed by atoms with van der Waals surface area (Å²) in [4.78, 5) is 14.1. The fourth-order valence-electron chi connectivity index (χ4n) is 0.659. The quantitative estimate of drug-likeness (QED) is 0.568. The van der Waals surface area contributed by atoms with Crippen LogP contribution in [0.15, 0.2) is 18.5 Å². The maximum absolute atomic E-state index is 10.3. The third kappa shape index (κ3) is 1.13. The lowest BCUT2D eigenvalue weighted by atomic mass is 10.3. The number of pyridine rings is 1. The van der Waals surface area contributed by atoms with Crippen LogP contribution in [0.2, 0.25) is 0 Å². The van der Waals surface area contributed by atoms with Gasteiger partial charge >= 0.3 is 0 Å². The van der Waals surface area contributed by atoms with Crippen LogP contribution in [0.1, 0.15) is 10.4 Å². The van der Waals surface area contributed by atoms with Crippen LogP contribution in [0.3, 0.4) is 0 Å². The zero-order valence-electron chi connectivity index (χ0n) is 5.57. The molecule has 0 unspecified atom stereocenters. The average molecular weight is 137 g/mol. The lowest BCUT2D eigenvalue weighted by molar-refractivity contribution is 0.112. The first-order valence-corrected chi connectivity index (χ1v) is 2.81. The van der Waals surface area contributed by atoms with E-state index in [9.17, 15) is 4.79 Å². The maximum Gasteiger partial charge on any atom is 0.153 e. The van der Waals surface area contributed by atoms with Crippen molar-refractivity contribution in [2.75, 3.05) is 7.11 Å². The molecule has 0 amide bonds. The zero-order valence-corrected chi connectivity index (χ0v) is 5.57. The Hall–Kier alpha value is -1.38. The molecule has 0 fully saturated rings. The molecule has 0 aliphatic carbocycles. The van der Waals surface area contributed by atoms with Gasteiger partial charge in [0.1, 0.15) is 5.75 Å². The van der Waals surface area contributed by atoms with Crippen LogP contribution >= 0.6 is 0 Å². The summed E-state index contributed by atoms with van der Waals surface area (Å²) in [6.45, 7) is 0. The predicted molar refractivity (Wildman–Crippen MR) is 36.2 cm³/mol. The van der Waals surface area contributed by atoms with Gasteiger partial charge in [0, 0.05) is 6.20 Å². The van der Waals surface area contributed by atoms with Crippen LogP contribution in [0.5, 0.6) is 5.75 Å². The van der Waals surface area contributed by atoms with Crippen LogP contribution in [0.25, 0.3) is 0 Å². The van der Waals surface area contributed by atoms with Crippen molar-refractivity contribution >= 4 is 6.29 Å². The van der Waals surface area contributed by atoms with Gasteiger partial charge in [0.05, 0.1) is 18.9 Å². The number of hydrogen-bond donors (Lipinski definition) is 0. The monoisotopic (exact) mass is 137 g/mol. The van der Waals surface area contributed by atoms with Crippen molar-refractivity contribution in [3.8, 4) is 5.75 Å². The van der Waals surface area contributed by atoms with E-state index in [-0.39, 0.29) is 0 Å². The topological polar surface area (TPSA) is 39.2 Å². The fraction of sp³-hybridized carbons (Fsp3) is 0.143. The van der Waals surface area contributed by atoms with Crippen LogP contribution in [-0.2, 0) is 0 Å². The van der Waals surface area contributed by atoms with Gasteiger partial charge in [-0.05, 0) is 6.07 Å². The molecule has 52 valence electrons. The number of ether oxygens (including phenoxy) is 1. The second-order valence-corrected chi connectivity index (χ2v) is 1.74. The summed E-state index contributed by atoms with van der Waals surface area (Å²) in [6, 6.07) is 1.60. The van der Waals surface area contributed by atoms with Crippen LogP contribution < -0.4 is 4.74 Å². The number of rotatable bonds is 2. The van der Waals surface area contributed by atoms with E-state index in [4.69, 9.17) is 4.74 Å². The Morgan fingerprint density at radius 1 is 1.70 bits per heavy atom. The van der Waals surface area contributed by atoms with Crippen LogP contribution in [0.4, 0.5) is 0 Å². The summed E-state index contributed by atoms with van der Waals surface area (Å²) < 4.78 is 4.84. The molecule has 0 saturated carbocycles. The molecule has 1 aromatic heterocycles. The molecule has 0 radical (unpaired) electrons. The lowest BCUT2D eigenvalue weighted by Crippen LogP contribution is -1.89. The number of carbonyl (C=O) groups excluding carboxylic acids is 1. The highest BCUT2D eigenvalue weighted by Gasteiger charge is 1.97. The van der Waals surface area contributed by atoms with E-state index in [2.05, 4.69) is 4.98 Å². The summed E-state index contributed by atoms with van der Waals surface area (Å²) in [5.74, 6) is 0.512. The molecule has 0 spiro atoms. The van der Waals surface area contributed by atoms with Crippen molar-refractivity contribution in [1.82, 2.24) is 4.98 Å². The van der Waals surface area contributed by atoms with Crippen molar-refractivity contribution in [1.29, 1.82) is 0 Å². The lowest BCUT2D eigenvalue weighted by Gasteiger charge is -1.98. The largest absolute Gasteiger partial charge is 0.494 e. The summed E-state index contributed by atoms with van der Waals surface area (Å²) in [6.07, 6.45) is 3.79. The Labute approximate surface area is 58.7 Å². The molecule has 0 aliphatic heterocycles. The Bertz CT molecular complexity index is 235. The van der Waals surface area contributed by atoms with Crippen LogP contribution in [0, 0.1) is 0 Å². The second-order valence-electron chi connectivity index (χ2n) is 1.74. The number of methoxy groups -OCH3 is 1. The molecule has 3 nitrogen and oxygen atoms in total. The molecule has 0 saturated heterocycles. The highest BCUT2D eigenvalue weighted by atomic mass is 16.5. The Morgan fingerprint density at radius 3 is 3.00 bits per heavy atom. The minimum absolute atomic E-state index is 0.512. The molecule has 3 heteroatoms. The third-order valence-electron chi connectivity index (χ3n) is 1.16. The first kappa shape index (κ1) is 6.74. The summed E-state index contributed by atoms with van der Waals surface area (Å²) in [5, 5.41) is 0. The summed E-state index contributed by atoms with van der Waals surface area (Å²) >= 11 is 0. The number of nitrogens with zero attached hydrogens (tertiary/aromatic N) is 1. The zero-order chi connectivity index (χ0) is 7.40. The first-order chi connectivity index (χ1) is 4.88. The maximum atomic E-state index is 10.3. The van der Waals surface area contributed by atoms with E-state index >= 15 is 0 Å². The first-order valence-electron chi connectivity index (χ1n) is 2.81. The van der Waals surface area contributed by atoms with E-state index in [0.29, 0.717) is 11.3 Å². The third-order valence-corrected chi connectivity index (χ3v) is 1.16. The second kappa shape index (κ2) is 2.96. The predicted octanol–water partition coefficient (Wildman–Crippen LogP) is 0.903. The van der Waals surface area contributed by atoms with E-state index in [1.165, 1.54) is 13.3 Å². The van der Waals surface area contributed by atoms with E-state index in [1.54, 1.807) is 12.3 Å². The van der Waals surface area contributed by atoms with Crippen molar-refractivity contribution in [2.24, 2.45) is 0 Å². The van der Waals surface area contributed by atoms with Gasteiger partial charge in [-0.1, -0.05) is 0 Å². The molecule has 1 aromatic rings. The van der Waals surface area contributed by atoms with E-state index < -0.39 is 0 Å². The van der Waals surface area contributed by atoms with Gasteiger partial charge in [-0.15, -0.1) is 0 Å². The fourth-order valence-corrected chi connectivity index (χ4v) is 0.659. The van der Waals surface area contributed by atoms with E-state index in [0.717, 1.165) is 6.29 Å². The van der Waals surface area contributed by atoms with Crippen LogP contribution in [-0.4, -0.2) is 18.4 Å². The average Bonchev–Trinajstić information content (AvgIpc) is 2.04. The molecule has 1 heterocycles. The normalized spacial score (nSPS) is 8.90. The van der Waals surface area contributed by atoms with Gasteiger partial charge in [-0.25, -0.2) is 0 Å².